The van der Waals surface area contributed by atoms with Gasteiger partial charge >= 0.3 is 5.97 Å². The number of esters is 1. The van der Waals surface area contributed by atoms with E-state index in [2.05, 4.69) is 10.2 Å². The maximum atomic E-state index is 12.9. The van der Waals surface area contributed by atoms with Crippen LogP contribution in [0.25, 0.3) is 0 Å². The summed E-state index contributed by atoms with van der Waals surface area (Å²) in [5, 5.41) is 16.5. The van der Waals surface area contributed by atoms with Crippen molar-refractivity contribution in [2.45, 2.75) is 31.8 Å². The van der Waals surface area contributed by atoms with E-state index in [1.54, 1.807) is 26.0 Å². The van der Waals surface area contributed by atoms with Crippen molar-refractivity contribution in [3.8, 4) is 17.2 Å². The van der Waals surface area contributed by atoms with Crippen LogP contribution in [0.5, 0.6) is 17.2 Å². The Bertz CT molecular complexity index is 960. The molecule has 3 N–H and O–H groups in total. The van der Waals surface area contributed by atoms with Crippen molar-refractivity contribution in [2.24, 2.45) is 5.92 Å². The number of hydrogen-bond acceptors (Lipinski definition) is 7. The summed E-state index contributed by atoms with van der Waals surface area (Å²) in [5.41, 5.74) is -0.434. The molecular weight excluding hydrogens is 380 g/mol. The van der Waals surface area contributed by atoms with E-state index in [0.717, 1.165) is 0 Å². The number of aliphatic hydroxyl groups is 1. The minimum Gasteiger partial charge on any atom is -0.496 e. The highest BCUT2D eigenvalue weighted by Gasteiger charge is 2.52. The Labute approximate surface area is 167 Å². The monoisotopic (exact) mass is 406 g/mol. The zero-order valence-corrected chi connectivity index (χ0v) is 17.1. The molecule has 0 radical (unpaired) electrons. The van der Waals surface area contributed by atoms with Crippen molar-refractivity contribution >= 4 is 5.97 Å². The van der Waals surface area contributed by atoms with Crippen molar-refractivity contribution in [2.75, 3.05) is 27.9 Å². The van der Waals surface area contributed by atoms with Gasteiger partial charge in [0.25, 0.3) is 5.56 Å². The Hall–Kier alpha value is -2.94. The highest BCUT2D eigenvalue weighted by Crippen LogP contribution is 2.49. The van der Waals surface area contributed by atoms with Crippen LogP contribution in [0.4, 0.5) is 0 Å². The Kier molecular flexibility index (Phi) is 5.61. The van der Waals surface area contributed by atoms with Gasteiger partial charge in [0, 0.05) is 35.2 Å². The predicted molar refractivity (Wildman–Crippen MR) is 104 cm³/mol. The zero-order chi connectivity index (χ0) is 21.3. The maximum absolute atomic E-state index is 12.9. The lowest BCUT2D eigenvalue weighted by Gasteiger charge is -2.40. The first-order valence-electron chi connectivity index (χ1n) is 9.27. The normalized spacial score (nSPS) is 23.2. The van der Waals surface area contributed by atoms with Crippen molar-refractivity contribution in [1.29, 1.82) is 0 Å². The lowest BCUT2D eigenvalue weighted by atomic mass is 9.66. The van der Waals surface area contributed by atoms with E-state index in [-0.39, 0.29) is 18.6 Å². The van der Waals surface area contributed by atoms with Gasteiger partial charge in [0.05, 0.1) is 39.5 Å². The molecule has 0 saturated carbocycles. The molecule has 3 atom stereocenters. The van der Waals surface area contributed by atoms with Crippen molar-refractivity contribution in [3.63, 3.8) is 0 Å². The van der Waals surface area contributed by atoms with E-state index in [9.17, 15) is 14.7 Å². The molecule has 0 amide bonds. The third kappa shape index (κ3) is 3.46. The minimum atomic E-state index is -1.47. The standard InChI is InChI=1S/C20H26N2O7/c1-6-29-19(24)17-15(16-11(9-20(17,2)25)21-22-18(16)23)10-7-13(27-4)14(28-5)8-12(10)26-3/h7-8,15,17,25H,6,9H2,1-5H3,(H2,21,22,23). The van der Waals surface area contributed by atoms with Gasteiger partial charge in [-0.25, -0.2) is 0 Å². The number of hydrogen-bond donors (Lipinski definition) is 3. The molecule has 1 aliphatic rings. The van der Waals surface area contributed by atoms with E-state index in [1.807, 2.05) is 0 Å². The molecule has 1 aromatic carbocycles. The molecule has 2 aromatic rings. The number of methoxy groups -OCH3 is 3. The molecule has 9 heteroatoms. The van der Waals surface area contributed by atoms with Crippen LogP contribution in [0.3, 0.4) is 0 Å². The second-order valence-electron chi connectivity index (χ2n) is 7.16. The smallest absolute Gasteiger partial charge is 0.312 e. The SMILES string of the molecule is CCOC(=O)C1C(c2cc(OC)c(OC)cc2OC)c2c([nH][nH]c2=O)CC1(C)O. The van der Waals surface area contributed by atoms with Gasteiger partial charge < -0.3 is 29.2 Å². The molecule has 1 heterocycles. The molecule has 0 spiro atoms. The number of nitrogens with one attached hydrogen (secondary N) is 2. The summed E-state index contributed by atoms with van der Waals surface area (Å²) in [6, 6.07) is 3.28. The van der Waals surface area contributed by atoms with Crippen molar-refractivity contribution in [3.05, 3.63) is 39.3 Å². The fraction of sp³-hybridized carbons (Fsp3) is 0.500. The molecule has 1 aromatic heterocycles. The molecule has 9 nitrogen and oxygen atoms in total. The first-order chi connectivity index (χ1) is 13.8. The number of ether oxygens (including phenoxy) is 4. The number of benzene rings is 1. The molecule has 0 aliphatic heterocycles. The van der Waals surface area contributed by atoms with Gasteiger partial charge in [-0.3, -0.25) is 14.7 Å². The van der Waals surface area contributed by atoms with Gasteiger partial charge in [-0.15, -0.1) is 0 Å². The van der Waals surface area contributed by atoms with Crippen molar-refractivity contribution < 1.29 is 28.8 Å². The lowest BCUT2D eigenvalue weighted by Crippen LogP contribution is -2.50. The van der Waals surface area contributed by atoms with Crippen LogP contribution in [-0.4, -0.2) is 54.8 Å². The van der Waals surface area contributed by atoms with E-state index >= 15 is 0 Å². The van der Waals surface area contributed by atoms with Crippen LogP contribution in [0.15, 0.2) is 16.9 Å². The maximum Gasteiger partial charge on any atom is 0.312 e. The number of carbonyl (C=O) groups excluding carboxylic acids is 1. The second-order valence-corrected chi connectivity index (χ2v) is 7.16. The van der Waals surface area contributed by atoms with Crippen LogP contribution in [0, 0.1) is 5.92 Å². The Morgan fingerprint density at radius 3 is 2.34 bits per heavy atom. The number of fused-ring (bicyclic) bond motifs is 1. The first-order valence-corrected chi connectivity index (χ1v) is 9.27. The Morgan fingerprint density at radius 1 is 1.14 bits per heavy atom. The third-order valence-electron chi connectivity index (χ3n) is 5.36. The van der Waals surface area contributed by atoms with Gasteiger partial charge in [-0.05, 0) is 19.9 Å². The summed E-state index contributed by atoms with van der Waals surface area (Å²) < 4.78 is 21.5. The largest absolute Gasteiger partial charge is 0.496 e. The number of carbonyl (C=O) groups is 1. The molecule has 158 valence electrons. The fourth-order valence-electron chi connectivity index (χ4n) is 4.12. The van der Waals surface area contributed by atoms with Crippen LogP contribution < -0.4 is 19.8 Å². The zero-order valence-electron chi connectivity index (χ0n) is 17.1. The summed E-state index contributed by atoms with van der Waals surface area (Å²) in [4.78, 5) is 25.6. The van der Waals surface area contributed by atoms with Gasteiger partial charge in [0.2, 0.25) is 0 Å². The van der Waals surface area contributed by atoms with Gasteiger partial charge in [-0.1, -0.05) is 0 Å². The van der Waals surface area contributed by atoms with Crippen molar-refractivity contribution in [1.82, 2.24) is 10.2 Å². The molecule has 3 unspecified atom stereocenters. The summed E-state index contributed by atoms with van der Waals surface area (Å²) in [6.07, 6.45) is 0.0939. The quantitative estimate of drug-likeness (QED) is 0.619. The third-order valence-corrected chi connectivity index (χ3v) is 5.36. The average molecular weight is 406 g/mol. The van der Waals surface area contributed by atoms with Gasteiger partial charge in [-0.2, -0.15) is 0 Å². The number of aromatic nitrogens is 2. The summed E-state index contributed by atoms with van der Waals surface area (Å²) in [6.45, 7) is 3.40. The lowest BCUT2D eigenvalue weighted by molar-refractivity contribution is -0.159. The highest BCUT2D eigenvalue weighted by atomic mass is 16.5. The second kappa shape index (κ2) is 7.82. The molecule has 29 heavy (non-hydrogen) atoms. The van der Waals surface area contributed by atoms with E-state index < -0.39 is 23.4 Å². The van der Waals surface area contributed by atoms with Gasteiger partial charge in [0.1, 0.15) is 5.75 Å². The van der Waals surface area contributed by atoms with E-state index in [4.69, 9.17) is 18.9 Å². The minimum absolute atomic E-state index is 0.0939. The van der Waals surface area contributed by atoms with Gasteiger partial charge in [0.15, 0.2) is 11.5 Å². The first kappa shape index (κ1) is 20.8. The Morgan fingerprint density at radius 2 is 1.76 bits per heavy atom. The number of rotatable bonds is 6. The number of aromatic amines is 2. The summed E-state index contributed by atoms with van der Waals surface area (Å²) in [7, 11) is 4.47. The average Bonchev–Trinajstić information content (AvgIpc) is 3.04. The molecule has 0 bridgehead atoms. The van der Waals surface area contributed by atoms with Crippen LogP contribution in [0.1, 0.15) is 36.6 Å². The molecule has 1 aliphatic carbocycles. The van der Waals surface area contributed by atoms with Crippen LogP contribution in [0.2, 0.25) is 0 Å². The summed E-state index contributed by atoms with van der Waals surface area (Å²) >= 11 is 0. The summed E-state index contributed by atoms with van der Waals surface area (Å²) in [5.74, 6) is -1.20. The highest BCUT2D eigenvalue weighted by molar-refractivity contribution is 5.77. The topological polar surface area (TPSA) is 123 Å². The molecule has 0 saturated heterocycles. The predicted octanol–water partition coefficient (Wildman–Crippen LogP) is 1.35. The Balaban J connectivity index is 2.32. The molecule has 3 rings (SSSR count). The number of H-pyrrole nitrogens is 2. The van der Waals surface area contributed by atoms with E-state index in [1.165, 1.54) is 21.3 Å². The molecular formula is C20H26N2O7. The van der Waals surface area contributed by atoms with E-state index in [0.29, 0.717) is 34.1 Å². The molecule has 0 fully saturated rings. The fourth-order valence-corrected chi connectivity index (χ4v) is 4.12. The van der Waals surface area contributed by atoms with Crippen LogP contribution in [-0.2, 0) is 16.0 Å². The van der Waals surface area contributed by atoms with Crippen LogP contribution >= 0.6 is 0 Å².